The summed E-state index contributed by atoms with van der Waals surface area (Å²) >= 11 is 11.8. The molecule has 0 aliphatic carbocycles. The van der Waals surface area contributed by atoms with E-state index in [4.69, 9.17) is 17.0 Å². The van der Waals surface area contributed by atoms with Crippen molar-refractivity contribution in [2.24, 2.45) is 0 Å². The molecule has 9 heteroatoms. The quantitative estimate of drug-likeness (QED) is 0.474. The second-order valence-electron chi connectivity index (χ2n) is 5.42. The molecular weight excluding hydrogens is 338 g/mol. The lowest BCUT2D eigenvalue weighted by Crippen LogP contribution is -2.48. The van der Waals surface area contributed by atoms with E-state index in [0.717, 1.165) is 60.3 Å². The fourth-order valence-corrected chi connectivity index (χ4v) is 3.98. The van der Waals surface area contributed by atoms with Crippen molar-refractivity contribution >= 4 is 47.4 Å². The van der Waals surface area contributed by atoms with E-state index in [9.17, 15) is 0 Å². The number of thiol groups is 1. The Morgan fingerprint density at radius 2 is 2.09 bits per heavy atom. The van der Waals surface area contributed by atoms with Crippen LogP contribution >= 0.6 is 36.6 Å². The van der Waals surface area contributed by atoms with Crippen LogP contribution in [0.4, 0.5) is 5.82 Å². The van der Waals surface area contributed by atoms with Gasteiger partial charge in [0.05, 0.1) is 13.2 Å². The van der Waals surface area contributed by atoms with Crippen LogP contribution in [0, 0.1) is 0 Å². The van der Waals surface area contributed by atoms with Crippen molar-refractivity contribution in [2.75, 3.05) is 57.6 Å². The first-order chi connectivity index (χ1) is 10.6. The van der Waals surface area contributed by atoms with Crippen LogP contribution in [0.3, 0.4) is 0 Å². The molecule has 1 fully saturated rings. The summed E-state index contributed by atoms with van der Waals surface area (Å²) in [5, 5.41) is 0.920. The SMILES string of the molecule is CN1C(=S)c2[nH]c(SCCN3CCOCC3)nc2N(C)C1S. The molecule has 3 rings (SSSR count). The molecule has 3 heterocycles. The van der Waals surface area contributed by atoms with Crippen molar-refractivity contribution in [2.45, 2.75) is 10.7 Å². The van der Waals surface area contributed by atoms with Gasteiger partial charge in [0.1, 0.15) is 16.2 Å². The standard InChI is InChI=1S/C13H21N5OS3/c1-16-10-9(11(20)17(2)13(16)21)14-12(15-10)22-8-5-18-3-6-19-7-4-18/h13,21H,3-8H2,1-2H3,(H,14,15). The predicted octanol–water partition coefficient (Wildman–Crippen LogP) is 1.10. The molecule has 0 amide bonds. The number of anilines is 1. The first-order valence-electron chi connectivity index (χ1n) is 7.29. The molecule has 1 atom stereocenters. The molecular formula is C13H21N5OS3. The number of nitrogens with zero attached hydrogens (tertiary/aromatic N) is 4. The molecule has 0 radical (unpaired) electrons. The van der Waals surface area contributed by atoms with Crippen molar-refractivity contribution in [1.29, 1.82) is 0 Å². The predicted molar refractivity (Wildman–Crippen MR) is 97.2 cm³/mol. The summed E-state index contributed by atoms with van der Waals surface area (Å²) in [5.74, 6) is 1.89. The number of thioether (sulfide) groups is 1. The highest BCUT2D eigenvalue weighted by Crippen LogP contribution is 2.31. The monoisotopic (exact) mass is 359 g/mol. The summed E-state index contributed by atoms with van der Waals surface area (Å²) in [6.07, 6.45) is 0. The van der Waals surface area contributed by atoms with Crippen LogP contribution in [0.5, 0.6) is 0 Å². The molecule has 0 aromatic carbocycles. The number of fused-ring (bicyclic) bond motifs is 1. The smallest absolute Gasteiger partial charge is 0.168 e. The highest BCUT2D eigenvalue weighted by atomic mass is 32.2. The van der Waals surface area contributed by atoms with E-state index in [1.165, 1.54) is 0 Å². The first-order valence-corrected chi connectivity index (χ1v) is 9.20. The van der Waals surface area contributed by atoms with Crippen LogP contribution in [0.1, 0.15) is 5.69 Å². The average molecular weight is 360 g/mol. The second-order valence-corrected chi connectivity index (χ2v) is 7.35. The fraction of sp³-hybridized carbons (Fsp3) is 0.692. The maximum absolute atomic E-state index is 5.49. The van der Waals surface area contributed by atoms with Crippen LogP contribution in [0.25, 0.3) is 0 Å². The van der Waals surface area contributed by atoms with Gasteiger partial charge in [0.15, 0.2) is 11.0 Å². The number of nitrogens with one attached hydrogen (secondary N) is 1. The van der Waals surface area contributed by atoms with Crippen LogP contribution < -0.4 is 4.90 Å². The number of hydrogen-bond donors (Lipinski definition) is 2. The molecule has 122 valence electrons. The van der Waals surface area contributed by atoms with Gasteiger partial charge in [-0.15, -0.1) is 12.6 Å². The molecule has 22 heavy (non-hydrogen) atoms. The Morgan fingerprint density at radius 1 is 1.36 bits per heavy atom. The van der Waals surface area contributed by atoms with Gasteiger partial charge in [-0.3, -0.25) is 4.90 Å². The largest absolute Gasteiger partial charge is 0.379 e. The molecule has 2 aliphatic heterocycles. The zero-order valence-electron chi connectivity index (χ0n) is 12.8. The van der Waals surface area contributed by atoms with Gasteiger partial charge in [-0.2, -0.15) is 0 Å². The van der Waals surface area contributed by atoms with Crippen LogP contribution in [-0.2, 0) is 4.74 Å². The average Bonchev–Trinajstić information content (AvgIpc) is 2.96. The number of rotatable bonds is 4. The van der Waals surface area contributed by atoms with Gasteiger partial charge in [-0.25, -0.2) is 4.98 Å². The van der Waals surface area contributed by atoms with E-state index in [-0.39, 0.29) is 5.50 Å². The van der Waals surface area contributed by atoms with Gasteiger partial charge in [0.2, 0.25) is 0 Å². The topological polar surface area (TPSA) is 47.6 Å². The van der Waals surface area contributed by atoms with Gasteiger partial charge in [0, 0.05) is 39.5 Å². The lowest BCUT2D eigenvalue weighted by Gasteiger charge is -2.38. The second kappa shape index (κ2) is 6.96. The third-order valence-corrected chi connectivity index (χ3v) is 6.01. The van der Waals surface area contributed by atoms with Gasteiger partial charge in [-0.05, 0) is 0 Å². The number of aromatic nitrogens is 2. The summed E-state index contributed by atoms with van der Waals surface area (Å²) in [7, 11) is 3.93. The normalized spacial score (nSPS) is 23.0. The Kier molecular flexibility index (Phi) is 5.18. The minimum absolute atomic E-state index is 0.0745. The number of aromatic amines is 1. The molecule has 1 unspecified atom stereocenters. The fourth-order valence-electron chi connectivity index (χ4n) is 2.56. The molecule has 1 aromatic heterocycles. The summed E-state index contributed by atoms with van der Waals surface area (Å²) in [4.78, 5) is 15.2. The number of hydrogen-bond acceptors (Lipinski definition) is 7. The minimum atomic E-state index is -0.0745. The van der Waals surface area contributed by atoms with Crippen LogP contribution in [0.15, 0.2) is 5.16 Å². The molecule has 2 aliphatic rings. The molecule has 1 saturated heterocycles. The lowest BCUT2D eigenvalue weighted by atomic mass is 10.3. The Bertz CT molecular complexity index is 546. The van der Waals surface area contributed by atoms with Gasteiger partial charge in [0.25, 0.3) is 0 Å². The third kappa shape index (κ3) is 3.23. The Labute approximate surface area is 146 Å². The molecule has 1 aromatic rings. The number of thiocarbonyl (C=S) groups is 1. The van der Waals surface area contributed by atoms with Crippen LogP contribution in [-0.4, -0.2) is 83.0 Å². The van der Waals surface area contributed by atoms with E-state index in [1.54, 1.807) is 11.8 Å². The molecule has 6 nitrogen and oxygen atoms in total. The summed E-state index contributed by atoms with van der Waals surface area (Å²) in [6, 6.07) is 0. The molecule has 0 saturated carbocycles. The van der Waals surface area contributed by atoms with Gasteiger partial charge in [-0.1, -0.05) is 24.0 Å². The van der Waals surface area contributed by atoms with Gasteiger partial charge < -0.3 is 19.5 Å². The molecule has 0 spiro atoms. The first kappa shape index (κ1) is 16.4. The van der Waals surface area contributed by atoms with Gasteiger partial charge >= 0.3 is 0 Å². The summed E-state index contributed by atoms with van der Waals surface area (Å²) in [5.41, 5.74) is 0.841. The molecule has 0 bridgehead atoms. The number of ether oxygens (including phenoxy) is 1. The highest BCUT2D eigenvalue weighted by molar-refractivity contribution is 7.99. The zero-order valence-corrected chi connectivity index (χ0v) is 15.3. The number of H-pyrrole nitrogens is 1. The van der Waals surface area contributed by atoms with Crippen LogP contribution in [0.2, 0.25) is 0 Å². The van der Waals surface area contributed by atoms with Crippen molar-refractivity contribution in [3.8, 4) is 0 Å². The van der Waals surface area contributed by atoms with E-state index < -0.39 is 0 Å². The van der Waals surface area contributed by atoms with E-state index in [1.807, 2.05) is 23.9 Å². The van der Waals surface area contributed by atoms with E-state index in [2.05, 4.69) is 27.5 Å². The Morgan fingerprint density at radius 3 is 2.82 bits per heavy atom. The highest BCUT2D eigenvalue weighted by Gasteiger charge is 2.32. The summed E-state index contributed by atoms with van der Waals surface area (Å²) < 4.78 is 5.36. The van der Waals surface area contributed by atoms with Crippen molar-refractivity contribution in [3.05, 3.63) is 5.69 Å². The molecule has 1 N–H and O–H groups in total. The number of imidazole rings is 1. The number of morpholine rings is 1. The van der Waals surface area contributed by atoms with Crippen molar-refractivity contribution in [3.63, 3.8) is 0 Å². The minimum Gasteiger partial charge on any atom is -0.379 e. The Hall–Kier alpha value is -0.480. The zero-order chi connectivity index (χ0) is 15.7. The Balaban J connectivity index is 1.62. The lowest BCUT2D eigenvalue weighted by molar-refractivity contribution is 0.0410. The maximum Gasteiger partial charge on any atom is 0.168 e. The summed E-state index contributed by atoms with van der Waals surface area (Å²) in [6.45, 7) is 4.78. The van der Waals surface area contributed by atoms with Crippen molar-refractivity contribution < 1.29 is 4.74 Å². The van der Waals surface area contributed by atoms with E-state index >= 15 is 0 Å². The van der Waals surface area contributed by atoms with E-state index in [0.29, 0.717) is 0 Å². The van der Waals surface area contributed by atoms with Crippen molar-refractivity contribution in [1.82, 2.24) is 19.8 Å². The maximum atomic E-state index is 5.49. The third-order valence-electron chi connectivity index (χ3n) is 3.97.